The molecule has 8 heteroatoms. The van der Waals surface area contributed by atoms with Gasteiger partial charge in [0.25, 0.3) is 0 Å². The van der Waals surface area contributed by atoms with Gasteiger partial charge in [-0.2, -0.15) is 0 Å². The molecule has 0 saturated carbocycles. The van der Waals surface area contributed by atoms with Crippen LogP contribution in [0.15, 0.2) is 11.6 Å². The summed E-state index contributed by atoms with van der Waals surface area (Å²) >= 11 is 0. The first-order valence-corrected chi connectivity index (χ1v) is 8.50. The Kier molecular flexibility index (Phi) is 11.5. The lowest BCUT2D eigenvalue weighted by atomic mass is 10.3. The average molecular weight is 324 g/mol. The molecule has 0 unspecified atom stereocenters. The van der Waals surface area contributed by atoms with Crippen LogP contribution in [0.5, 0.6) is 0 Å². The Hall–Kier alpha value is -0.720. The molecule has 0 radical (unpaired) electrons. The van der Waals surface area contributed by atoms with Gasteiger partial charge < -0.3 is 23.3 Å². The third-order valence-corrected chi connectivity index (χ3v) is 4.23. The molecule has 0 bridgehead atoms. The number of ether oxygens (including phenoxy) is 3. The van der Waals surface area contributed by atoms with Gasteiger partial charge in [-0.25, -0.2) is 4.79 Å². The van der Waals surface area contributed by atoms with Crippen LogP contribution in [0.3, 0.4) is 0 Å². The minimum Gasteiger partial charge on any atom is -0.435 e. The van der Waals surface area contributed by atoms with Crippen molar-refractivity contribution in [2.24, 2.45) is 0 Å². The highest BCUT2D eigenvalue weighted by atomic mass is 31.2. The maximum Gasteiger partial charge on any atom is 0.335 e. The van der Waals surface area contributed by atoms with Gasteiger partial charge in [0.15, 0.2) is 6.79 Å². The molecule has 0 aromatic carbocycles. The second-order valence-electron chi connectivity index (χ2n) is 3.97. The third kappa shape index (κ3) is 9.77. The number of carbonyl (C=O) groups excluding carboxylic acids is 1. The molecular weight excluding hydrogens is 299 g/mol. The first-order chi connectivity index (χ1) is 9.99. The highest BCUT2D eigenvalue weighted by Gasteiger charge is 2.22. The van der Waals surface area contributed by atoms with Gasteiger partial charge in [0, 0.05) is 12.7 Å². The summed E-state index contributed by atoms with van der Waals surface area (Å²) in [7, 11) is -1.63. The normalized spacial score (nSPS) is 12.5. The number of carbonyl (C=O) groups is 1. The van der Waals surface area contributed by atoms with E-state index >= 15 is 0 Å². The van der Waals surface area contributed by atoms with E-state index in [9.17, 15) is 9.36 Å². The Bertz CT molecular complexity index is 358. The zero-order chi connectivity index (χ0) is 16.1. The molecule has 0 aliphatic rings. The molecule has 0 fully saturated rings. The number of allylic oxidation sites excluding steroid dienone is 1. The highest BCUT2D eigenvalue weighted by molar-refractivity contribution is 7.54. The Morgan fingerprint density at radius 1 is 1.14 bits per heavy atom. The summed E-state index contributed by atoms with van der Waals surface area (Å²) in [6, 6.07) is 0. The fraction of sp³-hybridized carbons (Fsp3) is 0.769. The van der Waals surface area contributed by atoms with E-state index in [0.29, 0.717) is 18.8 Å². The highest BCUT2D eigenvalue weighted by Crippen LogP contribution is 2.48. The summed E-state index contributed by atoms with van der Waals surface area (Å²) in [5, 5.41) is 0. The van der Waals surface area contributed by atoms with Gasteiger partial charge in [-0.3, -0.25) is 4.57 Å². The average Bonchev–Trinajstić information content (AvgIpc) is 2.45. The van der Waals surface area contributed by atoms with Gasteiger partial charge in [0.2, 0.25) is 0 Å². The lowest BCUT2D eigenvalue weighted by Crippen LogP contribution is -2.12. The quantitative estimate of drug-likeness (QED) is 0.179. The summed E-state index contributed by atoms with van der Waals surface area (Å²) in [4.78, 5) is 11.6. The molecule has 7 nitrogen and oxygen atoms in total. The van der Waals surface area contributed by atoms with Crippen LogP contribution in [0.2, 0.25) is 0 Å². The number of esters is 1. The van der Waals surface area contributed by atoms with E-state index in [2.05, 4.69) is 0 Å². The molecule has 0 saturated heterocycles. The molecule has 0 amide bonds. The van der Waals surface area contributed by atoms with Crippen molar-refractivity contribution >= 4 is 13.6 Å². The van der Waals surface area contributed by atoms with Gasteiger partial charge >= 0.3 is 13.6 Å². The first kappa shape index (κ1) is 20.3. The van der Waals surface area contributed by atoms with Crippen molar-refractivity contribution < 1.29 is 32.6 Å². The molecule has 124 valence electrons. The Labute approximate surface area is 126 Å². The number of rotatable bonds is 12. The standard InChI is InChI=1S/C13H25O7P/c1-5-19-21(15,20-6-2)10-7-12(3)13(14)18-11-17-9-8-16-4/h7H,5-6,8-11H2,1-4H3/b12-7+. The van der Waals surface area contributed by atoms with Gasteiger partial charge in [-0.1, -0.05) is 6.08 Å². The molecule has 0 spiro atoms. The smallest absolute Gasteiger partial charge is 0.335 e. The fourth-order valence-corrected chi connectivity index (χ4v) is 2.85. The second kappa shape index (κ2) is 11.9. The van der Waals surface area contributed by atoms with Crippen LogP contribution in [0.1, 0.15) is 20.8 Å². The van der Waals surface area contributed by atoms with Crippen LogP contribution < -0.4 is 0 Å². The summed E-state index contributed by atoms with van der Waals surface area (Å²) in [5.41, 5.74) is 0.324. The molecule has 0 aromatic heterocycles. The van der Waals surface area contributed by atoms with Crippen molar-refractivity contribution in [3.8, 4) is 0 Å². The molecule has 0 rings (SSSR count). The maximum atomic E-state index is 12.2. The summed E-state index contributed by atoms with van der Waals surface area (Å²) in [6.45, 7) is 6.21. The molecule has 0 aliphatic heterocycles. The van der Waals surface area contributed by atoms with E-state index in [0.717, 1.165) is 0 Å². The largest absolute Gasteiger partial charge is 0.435 e. The minimum absolute atomic E-state index is 0.0279. The van der Waals surface area contributed by atoms with Crippen LogP contribution in [0.25, 0.3) is 0 Å². The van der Waals surface area contributed by atoms with Crippen molar-refractivity contribution in [3.63, 3.8) is 0 Å². The van der Waals surface area contributed by atoms with E-state index in [4.69, 9.17) is 23.3 Å². The summed E-state index contributed by atoms with van der Waals surface area (Å²) < 4.78 is 37.1. The van der Waals surface area contributed by atoms with Crippen LogP contribution >= 0.6 is 7.60 Å². The summed E-state index contributed by atoms with van der Waals surface area (Å²) in [6.07, 6.45) is 1.52. The second-order valence-corrected chi connectivity index (χ2v) is 6.07. The Morgan fingerprint density at radius 2 is 1.76 bits per heavy atom. The predicted molar refractivity (Wildman–Crippen MR) is 78.3 cm³/mol. The van der Waals surface area contributed by atoms with Crippen molar-refractivity contribution in [2.75, 3.05) is 46.5 Å². The topological polar surface area (TPSA) is 80.3 Å². The van der Waals surface area contributed by atoms with E-state index in [1.165, 1.54) is 6.08 Å². The number of hydrogen-bond donors (Lipinski definition) is 0. The minimum atomic E-state index is -3.19. The van der Waals surface area contributed by atoms with Gasteiger partial charge in [0.1, 0.15) is 0 Å². The SMILES string of the molecule is CCOP(=O)(C/C=C(\C)C(=O)OCOCCOC)OCC. The van der Waals surface area contributed by atoms with E-state index < -0.39 is 13.6 Å². The molecule has 0 atom stereocenters. The third-order valence-electron chi connectivity index (χ3n) is 2.30. The molecule has 21 heavy (non-hydrogen) atoms. The van der Waals surface area contributed by atoms with Crippen molar-refractivity contribution in [2.45, 2.75) is 20.8 Å². The van der Waals surface area contributed by atoms with Gasteiger partial charge in [-0.15, -0.1) is 0 Å². The van der Waals surface area contributed by atoms with Crippen LogP contribution in [-0.2, 0) is 32.6 Å². The van der Waals surface area contributed by atoms with Crippen molar-refractivity contribution in [1.29, 1.82) is 0 Å². The predicted octanol–water partition coefficient (Wildman–Crippen LogP) is 2.36. The van der Waals surface area contributed by atoms with Crippen LogP contribution in [0, 0.1) is 0 Å². The lowest BCUT2D eigenvalue weighted by molar-refractivity contribution is -0.152. The Morgan fingerprint density at radius 3 is 2.29 bits per heavy atom. The monoisotopic (exact) mass is 324 g/mol. The van der Waals surface area contributed by atoms with Crippen molar-refractivity contribution in [1.82, 2.24) is 0 Å². The molecular formula is C13H25O7P. The van der Waals surface area contributed by atoms with Gasteiger partial charge in [-0.05, 0) is 20.8 Å². The number of methoxy groups -OCH3 is 1. The fourth-order valence-electron chi connectivity index (χ4n) is 1.28. The zero-order valence-electron chi connectivity index (χ0n) is 13.1. The molecule has 0 N–H and O–H groups in total. The lowest BCUT2D eigenvalue weighted by Gasteiger charge is -2.15. The van der Waals surface area contributed by atoms with Crippen LogP contribution in [0.4, 0.5) is 0 Å². The zero-order valence-corrected chi connectivity index (χ0v) is 14.0. The van der Waals surface area contributed by atoms with E-state index in [-0.39, 0.29) is 26.2 Å². The maximum absolute atomic E-state index is 12.2. The molecule has 0 heterocycles. The number of hydrogen-bond acceptors (Lipinski definition) is 7. The molecule has 0 aromatic rings. The summed E-state index contributed by atoms with van der Waals surface area (Å²) in [5.74, 6) is -0.535. The molecule has 0 aliphatic carbocycles. The van der Waals surface area contributed by atoms with Crippen LogP contribution in [-0.4, -0.2) is 52.5 Å². The van der Waals surface area contributed by atoms with E-state index in [1.807, 2.05) is 0 Å². The van der Waals surface area contributed by atoms with E-state index in [1.54, 1.807) is 27.9 Å². The van der Waals surface area contributed by atoms with Gasteiger partial charge in [0.05, 0.1) is 32.6 Å². The van der Waals surface area contributed by atoms with Crippen molar-refractivity contribution in [3.05, 3.63) is 11.6 Å². The Balaban J connectivity index is 4.25. The first-order valence-electron chi connectivity index (χ1n) is 6.77.